The van der Waals surface area contributed by atoms with Crippen molar-refractivity contribution in [3.63, 3.8) is 0 Å². The van der Waals surface area contributed by atoms with E-state index in [4.69, 9.17) is 5.73 Å². The van der Waals surface area contributed by atoms with Crippen LogP contribution in [-0.2, 0) is 7.05 Å². The molecule has 7 heteroatoms. The Morgan fingerprint density at radius 2 is 2.16 bits per heavy atom. The summed E-state index contributed by atoms with van der Waals surface area (Å²) in [5.41, 5.74) is 9.70. The highest BCUT2D eigenvalue weighted by molar-refractivity contribution is 5.97. The van der Waals surface area contributed by atoms with Gasteiger partial charge in [0.2, 0.25) is 0 Å². The average molecular weight is 340 g/mol. The van der Waals surface area contributed by atoms with Crippen LogP contribution in [0, 0.1) is 0 Å². The van der Waals surface area contributed by atoms with E-state index < -0.39 is 0 Å². The molecule has 25 heavy (non-hydrogen) atoms. The van der Waals surface area contributed by atoms with E-state index in [0.29, 0.717) is 17.8 Å². The normalized spacial score (nSPS) is 11.4. The van der Waals surface area contributed by atoms with Crippen molar-refractivity contribution >= 4 is 22.6 Å². The Morgan fingerprint density at radius 3 is 2.84 bits per heavy atom. The van der Waals surface area contributed by atoms with Crippen LogP contribution in [0.1, 0.15) is 16.8 Å². The lowest BCUT2D eigenvalue weighted by atomic mass is 10.2. The first-order chi connectivity index (χ1) is 11.9. The van der Waals surface area contributed by atoms with Crippen molar-refractivity contribution in [2.45, 2.75) is 6.42 Å². The van der Waals surface area contributed by atoms with Gasteiger partial charge < -0.3 is 25.5 Å². The second-order valence-corrected chi connectivity index (χ2v) is 6.50. The van der Waals surface area contributed by atoms with Gasteiger partial charge in [-0.25, -0.2) is 4.98 Å². The molecule has 132 valence electrons. The molecular weight excluding hydrogens is 316 g/mol. The Labute approximate surface area is 146 Å². The topological polar surface area (TPSA) is 92.0 Å². The van der Waals surface area contributed by atoms with E-state index in [1.54, 1.807) is 6.07 Å². The fourth-order valence-corrected chi connectivity index (χ4v) is 2.80. The van der Waals surface area contributed by atoms with Crippen molar-refractivity contribution in [1.29, 1.82) is 0 Å². The predicted molar refractivity (Wildman–Crippen MR) is 100 cm³/mol. The fraction of sp³-hybridized carbons (Fsp3) is 0.333. The van der Waals surface area contributed by atoms with Crippen LogP contribution in [0.5, 0.6) is 0 Å². The maximum atomic E-state index is 12.3. The van der Waals surface area contributed by atoms with Gasteiger partial charge in [0.05, 0.1) is 22.4 Å². The number of H-pyrrole nitrogens is 1. The van der Waals surface area contributed by atoms with Crippen LogP contribution >= 0.6 is 0 Å². The number of anilines is 1. The van der Waals surface area contributed by atoms with E-state index >= 15 is 0 Å². The van der Waals surface area contributed by atoms with E-state index in [0.717, 1.165) is 35.5 Å². The Bertz CT molecular complexity index is 892. The molecule has 0 aliphatic heterocycles. The monoisotopic (exact) mass is 340 g/mol. The largest absolute Gasteiger partial charge is 0.397 e. The molecule has 0 aliphatic rings. The highest BCUT2D eigenvalue weighted by Crippen LogP contribution is 2.23. The molecule has 3 aromatic rings. The molecule has 2 heterocycles. The number of amides is 1. The zero-order valence-corrected chi connectivity index (χ0v) is 14.8. The Balaban J connectivity index is 1.76. The summed E-state index contributed by atoms with van der Waals surface area (Å²) in [4.78, 5) is 22.2. The first kappa shape index (κ1) is 17.0. The zero-order valence-electron chi connectivity index (χ0n) is 14.8. The molecule has 0 saturated heterocycles. The lowest BCUT2D eigenvalue weighted by Gasteiger charge is -2.09. The lowest BCUT2D eigenvalue weighted by molar-refractivity contribution is 0.0952. The molecule has 7 nitrogen and oxygen atoms in total. The second-order valence-electron chi connectivity index (χ2n) is 6.50. The number of nitrogens with zero attached hydrogens (tertiary/aromatic N) is 3. The number of benzene rings is 1. The number of rotatable bonds is 6. The number of carbonyl (C=O) groups excluding carboxylic acids is 1. The molecule has 0 atom stereocenters. The Kier molecular flexibility index (Phi) is 4.76. The number of hydrogen-bond donors (Lipinski definition) is 3. The summed E-state index contributed by atoms with van der Waals surface area (Å²) in [6, 6.07) is 7.36. The summed E-state index contributed by atoms with van der Waals surface area (Å²) in [7, 11) is 5.96. The van der Waals surface area contributed by atoms with Gasteiger partial charge in [0.15, 0.2) is 5.82 Å². The summed E-state index contributed by atoms with van der Waals surface area (Å²) in [6.07, 6.45) is 2.76. The van der Waals surface area contributed by atoms with Gasteiger partial charge >= 0.3 is 0 Å². The summed E-state index contributed by atoms with van der Waals surface area (Å²) in [5, 5.41) is 2.95. The first-order valence-electron chi connectivity index (χ1n) is 8.29. The molecular formula is C18H24N6O. The van der Waals surface area contributed by atoms with Crippen LogP contribution in [0.3, 0.4) is 0 Å². The van der Waals surface area contributed by atoms with Crippen LogP contribution in [0.15, 0.2) is 30.5 Å². The number of aromatic nitrogens is 3. The molecule has 2 aromatic heterocycles. The van der Waals surface area contributed by atoms with E-state index in [1.165, 1.54) is 0 Å². The minimum absolute atomic E-state index is 0.0695. The maximum Gasteiger partial charge on any atom is 0.251 e. The highest BCUT2D eigenvalue weighted by Gasteiger charge is 2.12. The van der Waals surface area contributed by atoms with Gasteiger partial charge in [-0.2, -0.15) is 0 Å². The quantitative estimate of drug-likeness (QED) is 0.597. The fourth-order valence-electron chi connectivity index (χ4n) is 2.80. The van der Waals surface area contributed by atoms with Crippen LogP contribution < -0.4 is 11.1 Å². The predicted octanol–water partition coefficient (Wildman–Crippen LogP) is 1.83. The van der Waals surface area contributed by atoms with Crippen LogP contribution in [0.4, 0.5) is 5.69 Å². The smallest absolute Gasteiger partial charge is 0.251 e. The summed E-state index contributed by atoms with van der Waals surface area (Å²) in [5.74, 6) is 0.664. The molecule has 0 bridgehead atoms. The molecule has 0 radical (unpaired) electrons. The number of nitrogen functional groups attached to an aromatic ring is 1. The standard InChI is InChI=1S/C18H24N6O/c1-23(2)8-4-7-20-18(25)12-5-6-14-15(9-12)22-17(21-14)16-10-13(19)11-24(16)3/h5-6,9-11H,4,7-8,19H2,1-3H3,(H,20,25)(H,21,22). The maximum absolute atomic E-state index is 12.3. The van der Waals surface area contributed by atoms with E-state index in [2.05, 4.69) is 20.2 Å². The van der Waals surface area contributed by atoms with Gasteiger partial charge in [0, 0.05) is 25.4 Å². The number of nitrogens with two attached hydrogens (primary N) is 1. The van der Waals surface area contributed by atoms with Crippen molar-refractivity contribution in [2.75, 3.05) is 32.9 Å². The summed E-state index contributed by atoms with van der Waals surface area (Å²) in [6.45, 7) is 1.61. The number of hydrogen-bond acceptors (Lipinski definition) is 4. The van der Waals surface area contributed by atoms with Gasteiger partial charge in [0.25, 0.3) is 5.91 Å². The molecule has 0 fully saturated rings. The van der Waals surface area contributed by atoms with Crippen LogP contribution in [-0.4, -0.2) is 52.5 Å². The van der Waals surface area contributed by atoms with E-state index in [9.17, 15) is 4.79 Å². The van der Waals surface area contributed by atoms with Gasteiger partial charge in [-0.15, -0.1) is 0 Å². The van der Waals surface area contributed by atoms with Gasteiger partial charge in [-0.3, -0.25) is 4.79 Å². The van der Waals surface area contributed by atoms with Gasteiger partial charge in [0.1, 0.15) is 0 Å². The SMILES string of the molecule is CN(C)CCCNC(=O)c1ccc2nc(-c3cc(N)cn3C)[nH]c2c1. The third kappa shape index (κ3) is 3.83. The zero-order chi connectivity index (χ0) is 18.0. The lowest BCUT2D eigenvalue weighted by Crippen LogP contribution is -2.27. The Morgan fingerprint density at radius 1 is 1.36 bits per heavy atom. The van der Waals surface area contributed by atoms with Gasteiger partial charge in [-0.1, -0.05) is 0 Å². The molecule has 0 saturated carbocycles. The van der Waals surface area contributed by atoms with E-state index in [1.807, 2.05) is 50.1 Å². The molecule has 3 rings (SSSR count). The second kappa shape index (κ2) is 6.98. The van der Waals surface area contributed by atoms with Crippen molar-refractivity contribution in [3.8, 4) is 11.5 Å². The van der Waals surface area contributed by atoms with Crippen LogP contribution in [0.25, 0.3) is 22.6 Å². The first-order valence-corrected chi connectivity index (χ1v) is 8.29. The minimum Gasteiger partial charge on any atom is -0.397 e. The molecule has 1 amide bonds. The number of aryl methyl sites for hydroxylation is 1. The average Bonchev–Trinajstić information content (AvgIpc) is 3.12. The Hall–Kier alpha value is -2.80. The van der Waals surface area contributed by atoms with Gasteiger partial charge in [-0.05, 0) is 51.3 Å². The third-order valence-corrected chi connectivity index (χ3v) is 4.08. The van der Waals surface area contributed by atoms with Crippen LogP contribution in [0.2, 0.25) is 0 Å². The number of nitrogens with one attached hydrogen (secondary N) is 2. The number of imidazole rings is 1. The van der Waals surface area contributed by atoms with Crippen molar-refractivity contribution in [2.24, 2.45) is 7.05 Å². The molecule has 0 spiro atoms. The van der Waals surface area contributed by atoms with Crippen molar-refractivity contribution < 1.29 is 4.79 Å². The minimum atomic E-state index is -0.0695. The summed E-state index contributed by atoms with van der Waals surface area (Å²) < 4.78 is 1.92. The summed E-state index contributed by atoms with van der Waals surface area (Å²) >= 11 is 0. The number of carbonyl (C=O) groups is 1. The molecule has 4 N–H and O–H groups in total. The number of fused-ring (bicyclic) bond motifs is 1. The van der Waals surface area contributed by atoms with Crippen molar-refractivity contribution in [3.05, 3.63) is 36.0 Å². The number of aromatic amines is 1. The van der Waals surface area contributed by atoms with Crippen molar-refractivity contribution in [1.82, 2.24) is 24.8 Å². The highest BCUT2D eigenvalue weighted by atomic mass is 16.1. The third-order valence-electron chi connectivity index (χ3n) is 4.08. The molecule has 0 aliphatic carbocycles. The van der Waals surface area contributed by atoms with E-state index in [-0.39, 0.29) is 5.91 Å². The molecule has 1 aromatic carbocycles. The molecule has 0 unspecified atom stereocenters.